The van der Waals surface area contributed by atoms with Gasteiger partial charge in [-0.05, 0) is 56.4 Å². The molecule has 3 amide bonds. The van der Waals surface area contributed by atoms with Crippen molar-refractivity contribution in [1.82, 2.24) is 15.1 Å². The number of nitrogens with zero attached hydrogens (tertiary/aromatic N) is 3. The number of nitrogens with one attached hydrogen (secondary N) is 2. The van der Waals surface area contributed by atoms with E-state index in [2.05, 4.69) is 25.4 Å². The summed E-state index contributed by atoms with van der Waals surface area (Å²) in [5, 5.41) is 6.25. The highest BCUT2D eigenvalue weighted by Gasteiger charge is 2.35. The Morgan fingerprint density at radius 2 is 1.81 bits per heavy atom. The standard InChI is InChI=1S/C23H29N5O3S/c29-20(13-19-22(31)26-23(32-19)27-10-1-2-11-27)24-16-5-3-15(4-6-16)21(30)25-17-9-12-28(14-17)18-7-8-18/h3-6,17-19H,1-2,7-14H2,(H,24,29)(H,25,30). The molecule has 8 nitrogen and oxygen atoms in total. The lowest BCUT2D eigenvalue weighted by molar-refractivity contribution is -0.121. The van der Waals surface area contributed by atoms with Crippen LogP contribution in [0.4, 0.5) is 5.69 Å². The first-order chi connectivity index (χ1) is 15.5. The van der Waals surface area contributed by atoms with Gasteiger partial charge in [0.25, 0.3) is 11.8 Å². The Bertz CT molecular complexity index is 924. The first-order valence-corrected chi connectivity index (χ1v) is 12.4. The number of carbonyl (C=O) groups is 3. The summed E-state index contributed by atoms with van der Waals surface area (Å²) in [6.45, 7) is 3.85. The predicted molar refractivity (Wildman–Crippen MR) is 125 cm³/mol. The normalized spacial score (nSPS) is 25.8. The van der Waals surface area contributed by atoms with Crippen LogP contribution in [0.15, 0.2) is 29.3 Å². The van der Waals surface area contributed by atoms with Crippen LogP contribution >= 0.6 is 11.8 Å². The van der Waals surface area contributed by atoms with Crippen molar-refractivity contribution in [2.75, 3.05) is 31.5 Å². The number of benzene rings is 1. The van der Waals surface area contributed by atoms with Gasteiger partial charge in [0.2, 0.25) is 5.91 Å². The third-order valence-electron chi connectivity index (χ3n) is 6.53. The number of amides is 3. The van der Waals surface area contributed by atoms with Gasteiger partial charge in [0, 0.05) is 55.9 Å². The molecule has 3 aliphatic heterocycles. The lowest BCUT2D eigenvalue weighted by Gasteiger charge is -2.16. The zero-order valence-electron chi connectivity index (χ0n) is 18.1. The largest absolute Gasteiger partial charge is 0.351 e. The number of aliphatic imine (C=N–C) groups is 1. The zero-order chi connectivity index (χ0) is 22.1. The maximum atomic E-state index is 12.6. The maximum Gasteiger partial charge on any atom is 0.262 e. The minimum atomic E-state index is -0.461. The van der Waals surface area contributed by atoms with Gasteiger partial charge >= 0.3 is 0 Å². The van der Waals surface area contributed by atoms with Gasteiger partial charge in [-0.1, -0.05) is 11.8 Å². The van der Waals surface area contributed by atoms with E-state index >= 15 is 0 Å². The Balaban J connectivity index is 1.08. The monoisotopic (exact) mass is 455 g/mol. The highest BCUT2D eigenvalue weighted by atomic mass is 32.2. The molecule has 1 aromatic carbocycles. The molecule has 3 fully saturated rings. The number of rotatable bonds is 6. The summed E-state index contributed by atoms with van der Waals surface area (Å²) in [6, 6.07) is 7.85. The lowest BCUT2D eigenvalue weighted by atomic mass is 10.1. The molecule has 1 aliphatic carbocycles. The summed E-state index contributed by atoms with van der Waals surface area (Å²) in [5.41, 5.74) is 1.20. The van der Waals surface area contributed by atoms with Gasteiger partial charge in [-0.2, -0.15) is 4.99 Å². The fourth-order valence-corrected chi connectivity index (χ4v) is 5.70. The number of thioether (sulfide) groups is 1. The molecule has 9 heteroatoms. The van der Waals surface area contributed by atoms with Gasteiger partial charge in [-0.3, -0.25) is 19.3 Å². The Morgan fingerprint density at radius 1 is 1.06 bits per heavy atom. The second kappa shape index (κ2) is 9.23. The minimum absolute atomic E-state index is 0.0786. The summed E-state index contributed by atoms with van der Waals surface area (Å²) in [4.78, 5) is 45.9. The molecular weight excluding hydrogens is 426 g/mol. The van der Waals surface area contributed by atoms with E-state index in [1.165, 1.54) is 24.6 Å². The zero-order valence-corrected chi connectivity index (χ0v) is 18.9. The van der Waals surface area contributed by atoms with Crippen LogP contribution in [-0.2, 0) is 9.59 Å². The Hall–Kier alpha value is -2.39. The average Bonchev–Trinajstić information content (AvgIpc) is 3.14. The molecule has 0 aromatic heterocycles. The summed E-state index contributed by atoms with van der Waals surface area (Å²) in [6.07, 6.45) is 5.89. The second-order valence-electron chi connectivity index (χ2n) is 9.05. The van der Waals surface area contributed by atoms with Gasteiger partial charge < -0.3 is 15.5 Å². The van der Waals surface area contributed by atoms with E-state index in [9.17, 15) is 14.4 Å². The van der Waals surface area contributed by atoms with E-state index in [-0.39, 0.29) is 30.2 Å². The number of amidine groups is 1. The Labute approximate surface area is 192 Å². The molecule has 1 saturated carbocycles. The fourth-order valence-electron chi connectivity index (χ4n) is 4.58. The molecule has 5 rings (SSSR count). The molecule has 3 heterocycles. The van der Waals surface area contributed by atoms with Crippen molar-refractivity contribution in [2.45, 2.75) is 55.9 Å². The molecule has 170 valence electrons. The van der Waals surface area contributed by atoms with Gasteiger partial charge in [-0.15, -0.1) is 0 Å². The van der Waals surface area contributed by atoms with Crippen molar-refractivity contribution in [2.24, 2.45) is 4.99 Å². The quantitative estimate of drug-likeness (QED) is 0.682. The number of hydrogen-bond donors (Lipinski definition) is 2. The van der Waals surface area contributed by atoms with Crippen LogP contribution in [0.5, 0.6) is 0 Å². The van der Waals surface area contributed by atoms with Crippen LogP contribution in [0, 0.1) is 0 Å². The number of anilines is 1. The summed E-state index contributed by atoms with van der Waals surface area (Å²) in [5.74, 6) is -0.534. The summed E-state index contributed by atoms with van der Waals surface area (Å²) < 4.78 is 0. The minimum Gasteiger partial charge on any atom is -0.351 e. The maximum absolute atomic E-state index is 12.6. The van der Waals surface area contributed by atoms with E-state index in [1.807, 2.05) is 0 Å². The van der Waals surface area contributed by atoms with Crippen LogP contribution in [0.2, 0.25) is 0 Å². The predicted octanol–water partition coefficient (Wildman–Crippen LogP) is 2.08. The average molecular weight is 456 g/mol. The van der Waals surface area contributed by atoms with Crippen molar-refractivity contribution >= 4 is 40.3 Å². The van der Waals surface area contributed by atoms with Crippen LogP contribution in [0.1, 0.15) is 48.9 Å². The first kappa shape index (κ1) is 21.5. The second-order valence-corrected chi connectivity index (χ2v) is 10.2. The Kier molecular flexibility index (Phi) is 6.19. The molecule has 1 aromatic rings. The molecule has 2 saturated heterocycles. The molecule has 2 N–H and O–H groups in total. The van der Waals surface area contributed by atoms with Crippen LogP contribution in [0.3, 0.4) is 0 Å². The van der Waals surface area contributed by atoms with Crippen molar-refractivity contribution in [3.8, 4) is 0 Å². The smallest absolute Gasteiger partial charge is 0.262 e. The van der Waals surface area contributed by atoms with Crippen LogP contribution in [-0.4, -0.2) is 76.2 Å². The van der Waals surface area contributed by atoms with E-state index in [0.717, 1.165) is 56.7 Å². The van der Waals surface area contributed by atoms with Crippen LogP contribution < -0.4 is 10.6 Å². The topological polar surface area (TPSA) is 94.1 Å². The highest BCUT2D eigenvalue weighted by molar-refractivity contribution is 8.15. The lowest BCUT2D eigenvalue weighted by Crippen LogP contribution is -2.37. The van der Waals surface area contributed by atoms with Crippen molar-refractivity contribution < 1.29 is 14.4 Å². The van der Waals surface area contributed by atoms with E-state index in [0.29, 0.717) is 11.3 Å². The number of hydrogen-bond acceptors (Lipinski definition) is 6. The van der Waals surface area contributed by atoms with Gasteiger partial charge in [0.1, 0.15) is 5.25 Å². The molecule has 0 bridgehead atoms. The SMILES string of the molecule is O=C(CC1SC(N2CCCC2)=NC1=O)Nc1ccc(C(=O)NC2CCN(C3CC3)C2)cc1. The summed E-state index contributed by atoms with van der Waals surface area (Å²) >= 11 is 1.39. The van der Waals surface area contributed by atoms with Crippen LogP contribution in [0.25, 0.3) is 0 Å². The molecule has 2 atom stereocenters. The van der Waals surface area contributed by atoms with E-state index in [1.54, 1.807) is 24.3 Å². The third-order valence-corrected chi connectivity index (χ3v) is 7.74. The molecular formula is C23H29N5O3S. The fraction of sp³-hybridized carbons (Fsp3) is 0.565. The first-order valence-electron chi connectivity index (χ1n) is 11.5. The van der Waals surface area contributed by atoms with E-state index in [4.69, 9.17) is 0 Å². The number of likely N-dealkylation sites (tertiary alicyclic amines) is 2. The van der Waals surface area contributed by atoms with Gasteiger partial charge in [-0.25, -0.2) is 0 Å². The van der Waals surface area contributed by atoms with Crippen molar-refractivity contribution in [3.63, 3.8) is 0 Å². The third kappa shape index (κ3) is 4.99. The van der Waals surface area contributed by atoms with Crippen molar-refractivity contribution in [3.05, 3.63) is 29.8 Å². The highest BCUT2D eigenvalue weighted by Crippen LogP contribution is 2.30. The van der Waals surface area contributed by atoms with Crippen molar-refractivity contribution in [1.29, 1.82) is 0 Å². The Morgan fingerprint density at radius 3 is 2.53 bits per heavy atom. The molecule has 32 heavy (non-hydrogen) atoms. The molecule has 4 aliphatic rings. The molecule has 0 spiro atoms. The number of carbonyl (C=O) groups excluding carboxylic acids is 3. The van der Waals surface area contributed by atoms with E-state index < -0.39 is 5.25 Å². The summed E-state index contributed by atoms with van der Waals surface area (Å²) in [7, 11) is 0. The van der Waals surface area contributed by atoms with Gasteiger partial charge in [0.05, 0.1) is 0 Å². The molecule has 0 radical (unpaired) electrons. The van der Waals surface area contributed by atoms with Gasteiger partial charge in [0.15, 0.2) is 5.17 Å². The molecule has 2 unspecified atom stereocenters.